The van der Waals surface area contributed by atoms with E-state index < -0.39 is 0 Å². The first-order valence-electron chi connectivity index (χ1n) is 14.7. The van der Waals surface area contributed by atoms with Gasteiger partial charge in [-0.05, 0) is 48.2 Å². The summed E-state index contributed by atoms with van der Waals surface area (Å²) in [6.07, 6.45) is 1.39. The summed E-state index contributed by atoms with van der Waals surface area (Å²) in [5.41, 5.74) is 3.78. The minimum absolute atomic E-state index is 0.188. The predicted octanol–water partition coefficient (Wildman–Crippen LogP) is 6.37. The van der Waals surface area contributed by atoms with Gasteiger partial charge in [-0.25, -0.2) is 0 Å². The molecule has 0 bridgehead atoms. The maximum absolute atomic E-state index is 13.1. The standard InChI is InChI=1S/C36H38N4O4/c1-39(25-27-15-5-3-6-16-27)35(43)29-19-9-11-21-31(29)37-33(41)23-13-14-24-34(42)38-32-22-12-10-20-30(32)36(44)40(2)26-28-17-7-4-8-18-28/h3-12,15-22H,13-14,23-26H2,1-2H3,(H,37,41)(H,38,42). The van der Waals surface area contributed by atoms with Gasteiger partial charge in [-0.3, -0.25) is 19.2 Å². The zero-order valence-corrected chi connectivity index (χ0v) is 25.2. The molecule has 0 saturated heterocycles. The maximum Gasteiger partial charge on any atom is 0.256 e. The molecule has 0 aliphatic rings. The first-order valence-corrected chi connectivity index (χ1v) is 14.7. The Morgan fingerprint density at radius 2 is 0.841 bits per heavy atom. The van der Waals surface area contributed by atoms with Crippen LogP contribution in [0.1, 0.15) is 57.5 Å². The Morgan fingerprint density at radius 1 is 0.500 bits per heavy atom. The smallest absolute Gasteiger partial charge is 0.256 e. The quantitative estimate of drug-likeness (QED) is 0.177. The van der Waals surface area contributed by atoms with E-state index in [1.807, 2.05) is 60.7 Å². The van der Waals surface area contributed by atoms with Gasteiger partial charge in [0.2, 0.25) is 11.8 Å². The first-order chi connectivity index (χ1) is 21.3. The summed E-state index contributed by atoms with van der Waals surface area (Å²) in [6, 6.07) is 33.3. The minimum atomic E-state index is -0.228. The van der Waals surface area contributed by atoms with Crippen molar-refractivity contribution in [2.24, 2.45) is 0 Å². The van der Waals surface area contributed by atoms with Crippen LogP contribution in [0.5, 0.6) is 0 Å². The Labute approximate surface area is 258 Å². The van der Waals surface area contributed by atoms with E-state index in [9.17, 15) is 19.2 Å². The van der Waals surface area contributed by atoms with Crippen LogP contribution in [0.15, 0.2) is 109 Å². The molecule has 0 radical (unpaired) electrons. The summed E-state index contributed by atoms with van der Waals surface area (Å²) in [7, 11) is 3.46. The fourth-order valence-corrected chi connectivity index (χ4v) is 4.82. The van der Waals surface area contributed by atoms with E-state index in [-0.39, 0.29) is 36.5 Å². The number of hydrogen-bond acceptors (Lipinski definition) is 4. The highest BCUT2D eigenvalue weighted by atomic mass is 16.2. The second kappa shape index (κ2) is 15.8. The van der Waals surface area contributed by atoms with E-state index >= 15 is 0 Å². The van der Waals surface area contributed by atoms with Gasteiger partial charge in [-0.2, -0.15) is 0 Å². The number of nitrogens with zero attached hydrogens (tertiary/aromatic N) is 2. The summed E-state index contributed by atoms with van der Waals surface area (Å²) in [6.45, 7) is 0.903. The van der Waals surface area contributed by atoms with Gasteiger partial charge in [0.1, 0.15) is 0 Å². The molecule has 0 aliphatic carbocycles. The molecule has 4 aromatic rings. The Morgan fingerprint density at radius 3 is 1.23 bits per heavy atom. The van der Waals surface area contributed by atoms with Gasteiger partial charge in [-0.15, -0.1) is 0 Å². The van der Waals surface area contributed by atoms with Crippen LogP contribution in [0.3, 0.4) is 0 Å². The zero-order valence-electron chi connectivity index (χ0n) is 25.2. The molecule has 226 valence electrons. The molecule has 8 heteroatoms. The molecule has 0 saturated carbocycles. The second-order valence-electron chi connectivity index (χ2n) is 10.7. The average molecular weight is 591 g/mol. The largest absolute Gasteiger partial charge is 0.337 e. The van der Waals surface area contributed by atoms with Gasteiger partial charge in [0.15, 0.2) is 0 Å². The van der Waals surface area contributed by atoms with Gasteiger partial charge in [-0.1, -0.05) is 84.9 Å². The first kappa shape index (κ1) is 31.7. The van der Waals surface area contributed by atoms with Crippen LogP contribution in [-0.4, -0.2) is 47.5 Å². The minimum Gasteiger partial charge on any atom is -0.337 e. The molecular weight excluding hydrogens is 552 g/mol. The third-order valence-electron chi connectivity index (χ3n) is 7.14. The van der Waals surface area contributed by atoms with Gasteiger partial charge in [0, 0.05) is 40.0 Å². The molecule has 0 unspecified atom stereocenters. The summed E-state index contributed by atoms with van der Waals surface area (Å²) in [4.78, 5) is 54.9. The summed E-state index contributed by atoms with van der Waals surface area (Å²) in [5.74, 6) is -0.833. The van der Waals surface area contributed by atoms with E-state index in [0.29, 0.717) is 48.4 Å². The molecule has 4 aromatic carbocycles. The number of carbonyl (C=O) groups is 4. The Bertz CT molecular complexity index is 1450. The zero-order chi connectivity index (χ0) is 31.3. The van der Waals surface area contributed by atoms with Crippen LogP contribution in [0.2, 0.25) is 0 Å². The molecule has 0 heterocycles. The van der Waals surface area contributed by atoms with Crippen molar-refractivity contribution < 1.29 is 19.2 Å². The molecule has 44 heavy (non-hydrogen) atoms. The van der Waals surface area contributed by atoms with Crippen LogP contribution >= 0.6 is 0 Å². The van der Waals surface area contributed by atoms with Crippen molar-refractivity contribution in [2.45, 2.75) is 38.8 Å². The highest BCUT2D eigenvalue weighted by Gasteiger charge is 2.19. The predicted molar refractivity (Wildman–Crippen MR) is 173 cm³/mol. The number of unbranched alkanes of at least 4 members (excludes halogenated alkanes) is 1. The van der Waals surface area contributed by atoms with Gasteiger partial charge >= 0.3 is 0 Å². The Kier molecular flexibility index (Phi) is 11.4. The number of carbonyl (C=O) groups excluding carboxylic acids is 4. The lowest BCUT2D eigenvalue weighted by Gasteiger charge is -2.19. The molecule has 4 rings (SSSR count). The van der Waals surface area contributed by atoms with E-state index in [4.69, 9.17) is 0 Å². The van der Waals surface area contributed by atoms with Gasteiger partial charge in [0.25, 0.3) is 11.8 Å². The van der Waals surface area contributed by atoms with Crippen molar-refractivity contribution >= 4 is 35.0 Å². The highest BCUT2D eigenvalue weighted by molar-refractivity contribution is 6.04. The number of benzene rings is 4. The third-order valence-corrected chi connectivity index (χ3v) is 7.14. The number of nitrogens with one attached hydrogen (secondary N) is 2. The second-order valence-corrected chi connectivity index (χ2v) is 10.7. The number of rotatable bonds is 13. The number of hydrogen-bond donors (Lipinski definition) is 2. The van der Waals surface area contributed by atoms with Crippen molar-refractivity contribution in [3.8, 4) is 0 Å². The van der Waals surface area contributed by atoms with E-state index in [2.05, 4.69) is 10.6 Å². The molecule has 4 amide bonds. The highest BCUT2D eigenvalue weighted by Crippen LogP contribution is 2.20. The lowest BCUT2D eigenvalue weighted by molar-refractivity contribution is -0.118. The van der Waals surface area contributed by atoms with Crippen molar-refractivity contribution in [1.82, 2.24) is 9.80 Å². The lowest BCUT2D eigenvalue weighted by atomic mass is 10.1. The van der Waals surface area contributed by atoms with Crippen LogP contribution in [0, 0.1) is 0 Å². The fourth-order valence-electron chi connectivity index (χ4n) is 4.82. The Balaban J connectivity index is 1.24. The summed E-state index contributed by atoms with van der Waals surface area (Å²) in [5, 5.41) is 5.71. The van der Waals surface area contributed by atoms with Crippen LogP contribution in [-0.2, 0) is 22.7 Å². The van der Waals surface area contributed by atoms with Gasteiger partial charge in [0.05, 0.1) is 22.5 Å². The third kappa shape index (κ3) is 9.13. The molecule has 0 fully saturated rings. The van der Waals surface area contributed by atoms with E-state index in [1.165, 1.54) is 0 Å². The number of anilines is 2. The molecule has 2 N–H and O–H groups in total. The summed E-state index contributed by atoms with van der Waals surface area (Å²) < 4.78 is 0. The van der Waals surface area contributed by atoms with Crippen LogP contribution in [0.4, 0.5) is 11.4 Å². The lowest BCUT2D eigenvalue weighted by Crippen LogP contribution is -2.27. The molecule has 0 atom stereocenters. The van der Waals surface area contributed by atoms with E-state index in [0.717, 1.165) is 11.1 Å². The maximum atomic E-state index is 13.1. The van der Waals surface area contributed by atoms with E-state index in [1.54, 1.807) is 72.4 Å². The monoisotopic (exact) mass is 590 g/mol. The summed E-state index contributed by atoms with van der Waals surface area (Å²) >= 11 is 0. The molecule has 0 spiro atoms. The van der Waals surface area contributed by atoms with Crippen molar-refractivity contribution in [2.75, 3.05) is 24.7 Å². The van der Waals surface area contributed by atoms with Crippen molar-refractivity contribution in [1.29, 1.82) is 0 Å². The molecule has 0 aliphatic heterocycles. The molecule has 0 aromatic heterocycles. The topological polar surface area (TPSA) is 98.8 Å². The normalized spacial score (nSPS) is 10.5. The molecular formula is C36H38N4O4. The van der Waals surface area contributed by atoms with Crippen LogP contribution in [0.25, 0.3) is 0 Å². The number of amides is 4. The van der Waals surface area contributed by atoms with Crippen molar-refractivity contribution in [3.63, 3.8) is 0 Å². The average Bonchev–Trinajstić information content (AvgIpc) is 3.04. The Hall–Kier alpha value is -5.24. The van der Waals surface area contributed by atoms with Gasteiger partial charge < -0.3 is 20.4 Å². The number of para-hydroxylation sites is 2. The van der Waals surface area contributed by atoms with Crippen molar-refractivity contribution in [3.05, 3.63) is 131 Å². The molecule has 8 nitrogen and oxygen atoms in total. The van der Waals surface area contributed by atoms with Crippen LogP contribution < -0.4 is 10.6 Å². The fraction of sp³-hybridized carbons (Fsp3) is 0.222. The SMILES string of the molecule is CN(Cc1ccccc1)C(=O)c1ccccc1NC(=O)CCCCC(=O)Nc1ccccc1C(=O)N(C)Cc1ccccc1.